The minimum Gasteiger partial charge on any atom is -0.337 e. The second kappa shape index (κ2) is 8.95. The van der Waals surface area contributed by atoms with Crippen LogP contribution in [0.2, 0.25) is 0 Å². The summed E-state index contributed by atoms with van der Waals surface area (Å²) >= 11 is 0. The number of nitrogens with zero attached hydrogens (tertiary/aromatic N) is 3. The van der Waals surface area contributed by atoms with Crippen LogP contribution in [0.15, 0.2) is 17.2 Å². The molecule has 0 spiro atoms. The lowest BCUT2D eigenvalue weighted by Gasteiger charge is -2.24. The molecule has 1 saturated carbocycles. The lowest BCUT2D eigenvalue weighted by atomic mass is 9.91. The Morgan fingerprint density at radius 3 is 2.24 bits per heavy atom. The highest BCUT2D eigenvalue weighted by Gasteiger charge is 2.31. The first-order chi connectivity index (χ1) is 16.2. The van der Waals surface area contributed by atoms with Crippen LogP contribution < -0.4 is 0 Å². The Balaban J connectivity index is 1.34. The number of hydrogen-bond donors (Lipinski definition) is 0. The summed E-state index contributed by atoms with van der Waals surface area (Å²) in [5, 5.41) is 3.92. The van der Waals surface area contributed by atoms with Gasteiger partial charge < -0.3 is 4.90 Å². The highest BCUT2D eigenvalue weighted by atomic mass is 32.2. The molecule has 2 aromatic rings. The number of benzene rings is 1. The molecule has 3 aliphatic carbocycles. The van der Waals surface area contributed by atoms with Gasteiger partial charge in [-0.2, -0.15) is 5.10 Å². The maximum atomic E-state index is 13.1. The van der Waals surface area contributed by atoms with E-state index in [1.165, 1.54) is 33.0 Å². The van der Waals surface area contributed by atoms with Gasteiger partial charge in [-0.3, -0.25) is 14.3 Å². The Morgan fingerprint density at radius 2 is 1.62 bits per heavy atom. The van der Waals surface area contributed by atoms with Crippen molar-refractivity contribution in [3.63, 3.8) is 0 Å². The van der Waals surface area contributed by atoms with E-state index in [-0.39, 0.29) is 34.9 Å². The minimum atomic E-state index is -3.94. The molecule has 8 heteroatoms. The molecule has 1 aromatic carbocycles. The third-order valence-electron chi connectivity index (χ3n) is 7.91. The molecule has 7 nitrogen and oxygen atoms in total. The van der Waals surface area contributed by atoms with Crippen molar-refractivity contribution in [1.82, 2.24) is 14.7 Å². The predicted octanol–water partition coefficient (Wildman–Crippen LogP) is 3.00. The van der Waals surface area contributed by atoms with Crippen LogP contribution in [0.25, 0.3) is 0 Å². The van der Waals surface area contributed by atoms with E-state index >= 15 is 0 Å². The van der Waals surface area contributed by atoms with Gasteiger partial charge in [0.2, 0.25) is 9.84 Å². The molecule has 0 atom stereocenters. The Kier molecular flexibility index (Phi) is 6.12. The molecule has 1 aromatic heterocycles. The number of carbonyl (C=O) groups excluding carboxylic acids is 2. The molecule has 0 unspecified atom stereocenters. The lowest BCUT2D eigenvalue weighted by molar-refractivity contribution is -0.116. The molecule has 1 amide bonds. The molecular formula is C26H33N3O4S. The topological polar surface area (TPSA) is 89.3 Å². The van der Waals surface area contributed by atoms with Crippen LogP contribution in [0.1, 0.15) is 76.8 Å². The highest BCUT2D eigenvalue weighted by molar-refractivity contribution is 7.92. The number of Topliss-reactive ketones (excluding diaryl/α,β-unsaturated/α-hetero) is 1. The number of hydrogen-bond acceptors (Lipinski definition) is 5. The van der Waals surface area contributed by atoms with Gasteiger partial charge in [0.05, 0.1) is 0 Å². The van der Waals surface area contributed by atoms with Crippen molar-refractivity contribution in [1.29, 1.82) is 0 Å². The number of fused-ring (bicyclic) bond motifs is 2. The van der Waals surface area contributed by atoms with E-state index in [9.17, 15) is 18.0 Å². The number of ketones is 1. The first kappa shape index (κ1) is 23.3. The van der Waals surface area contributed by atoms with Crippen LogP contribution in [-0.2, 0) is 53.8 Å². The average Bonchev–Trinajstić information content (AvgIpc) is 3.58. The van der Waals surface area contributed by atoms with Crippen LogP contribution in [-0.4, -0.2) is 53.6 Å². The Hall–Kier alpha value is -2.48. The third kappa shape index (κ3) is 4.21. The normalized spacial score (nSPS) is 17.7. The maximum Gasteiger partial charge on any atom is 0.272 e. The molecule has 0 saturated heterocycles. The molecule has 0 N–H and O–H groups in total. The molecule has 0 aliphatic heterocycles. The van der Waals surface area contributed by atoms with E-state index < -0.39 is 15.6 Å². The molecule has 3 aliphatic rings. The van der Waals surface area contributed by atoms with E-state index in [0.29, 0.717) is 0 Å². The second-order valence-electron chi connectivity index (χ2n) is 10.2. The largest absolute Gasteiger partial charge is 0.337 e. The summed E-state index contributed by atoms with van der Waals surface area (Å²) in [7, 11) is -0.600. The fraction of sp³-hybridized carbons (Fsp3) is 0.577. The molecular weight excluding hydrogens is 450 g/mol. The fourth-order valence-electron chi connectivity index (χ4n) is 6.11. The zero-order valence-corrected chi connectivity index (χ0v) is 20.9. The minimum absolute atomic E-state index is 0.160. The van der Waals surface area contributed by atoms with Crippen LogP contribution in [0.5, 0.6) is 0 Å². The lowest BCUT2D eigenvalue weighted by Crippen LogP contribution is -2.36. The van der Waals surface area contributed by atoms with Gasteiger partial charge >= 0.3 is 0 Å². The van der Waals surface area contributed by atoms with Crippen molar-refractivity contribution >= 4 is 21.5 Å². The summed E-state index contributed by atoms with van der Waals surface area (Å²) in [4.78, 5) is 27.7. The van der Waals surface area contributed by atoms with Gasteiger partial charge in [0.25, 0.3) is 5.91 Å². The number of aryl methyl sites for hydroxylation is 3. The van der Waals surface area contributed by atoms with Crippen molar-refractivity contribution in [2.75, 3.05) is 12.8 Å². The van der Waals surface area contributed by atoms with Crippen molar-refractivity contribution in [2.24, 2.45) is 7.05 Å². The van der Waals surface area contributed by atoms with E-state index in [0.717, 1.165) is 69.8 Å². The van der Waals surface area contributed by atoms with Crippen molar-refractivity contribution in [3.05, 3.63) is 45.6 Å². The second-order valence-corrected chi connectivity index (χ2v) is 12.1. The molecule has 1 heterocycles. The monoisotopic (exact) mass is 483 g/mol. The maximum absolute atomic E-state index is 13.1. The molecule has 0 bridgehead atoms. The molecule has 182 valence electrons. The van der Waals surface area contributed by atoms with Crippen LogP contribution in [0, 0.1) is 0 Å². The highest BCUT2D eigenvalue weighted by Crippen LogP contribution is 2.35. The standard InChI is InChI=1S/C26H33N3O4S/c1-28(19-9-3-4-10-19)26(31)24-15-25(27-29(24)2)34(32,33)16-20(30)14-23-21-11-5-7-17(21)13-18-8-6-12-22(18)23/h13,15,19H,3-12,14,16H2,1-2H3. The molecule has 0 radical (unpaired) electrons. The summed E-state index contributed by atoms with van der Waals surface area (Å²) in [6.07, 6.45) is 10.5. The summed E-state index contributed by atoms with van der Waals surface area (Å²) in [5.74, 6) is -1.13. The quantitative estimate of drug-likeness (QED) is 0.604. The number of aromatic nitrogens is 2. The summed E-state index contributed by atoms with van der Waals surface area (Å²) in [5.41, 5.74) is 6.53. The summed E-state index contributed by atoms with van der Waals surface area (Å²) in [6.45, 7) is 0. The van der Waals surface area contributed by atoms with Crippen molar-refractivity contribution < 1.29 is 18.0 Å². The third-order valence-corrected chi connectivity index (χ3v) is 9.45. The molecule has 34 heavy (non-hydrogen) atoms. The van der Waals surface area contributed by atoms with Crippen LogP contribution in [0.4, 0.5) is 0 Å². The van der Waals surface area contributed by atoms with Crippen LogP contribution in [0.3, 0.4) is 0 Å². The molecule has 5 rings (SSSR count). The Bertz CT molecular complexity index is 1220. The smallest absolute Gasteiger partial charge is 0.272 e. The number of sulfone groups is 1. The van der Waals surface area contributed by atoms with Crippen LogP contribution >= 0.6 is 0 Å². The number of amides is 1. The predicted molar refractivity (Wildman–Crippen MR) is 129 cm³/mol. The van der Waals surface area contributed by atoms with Gasteiger partial charge in [0.1, 0.15) is 11.4 Å². The zero-order valence-electron chi connectivity index (χ0n) is 20.1. The Morgan fingerprint density at radius 1 is 1.00 bits per heavy atom. The van der Waals surface area contributed by atoms with E-state index in [4.69, 9.17) is 0 Å². The van der Waals surface area contributed by atoms with Crippen molar-refractivity contribution in [3.8, 4) is 0 Å². The van der Waals surface area contributed by atoms with Gasteiger partial charge in [-0.1, -0.05) is 18.9 Å². The first-order valence-corrected chi connectivity index (χ1v) is 14.1. The summed E-state index contributed by atoms with van der Waals surface area (Å²) in [6, 6.07) is 3.82. The average molecular weight is 484 g/mol. The van der Waals surface area contributed by atoms with Crippen molar-refractivity contribution in [2.45, 2.75) is 81.7 Å². The van der Waals surface area contributed by atoms with E-state index in [2.05, 4.69) is 11.2 Å². The Labute approximate surface area is 201 Å². The van der Waals surface area contributed by atoms with Gasteiger partial charge in [0.15, 0.2) is 10.8 Å². The number of carbonyl (C=O) groups is 2. The van der Waals surface area contributed by atoms with Gasteiger partial charge in [-0.15, -0.1) is 0 Å². The van der Waals surface area contributed by atoms with Gasteiger partial charge in [-0.05, 0) is 79.2 Å². The van der Waals surface area contributed by atoms with E-state index in [1.807, 2.05) is 0 Å². The summed E-state index contributed by atoms with van der Waals surface area (Å²) < 4.78 is 27.5. The fourth-order valence-corrected chi connectivity index (χ4v) is 7.33. The number of rotatable bonds is 7. The zero-order chi connectivity index (χ0) is 24.0. The SMILES string of the molecule is CN(C(=O)c1cc(S(=O)(=O)CC(=O)Cc2c3c(cc4c2CCC4)CCC3)nn1C)C1CCCC1. The first-order valence-electron chi connectivity index (χ1n) is 12.5. The van der Waals surface area contributed by atoms with E-state index in [1.54, 1.807) is 19.0 Å². The van der Waals surface area contributed by atoms with Gasteiger partial charge in [-0.25, -0.2) is 8.42 Å². The van der Waals surface area contributed by atoms with Gasteiger partial charge in [0, 0.05) is 32.6 Å². The molecule has 1 fully saturated rings.